The highest BCUT2D eigenvalue weighted by Crippen LogP contribution is 2.35. The van der Waals surface area contributed by atoms with Crippen molar-refractivity contribution in [2.24, 2.45) is 5.41 Å². The molecule has 252 valence electrons. The molecule has 2 aliphatic rings. The minimum atomic E-state index is -5.08. The summed E-state index contributed by atoms with van der Waals surface area (Å²) in [7, 11) is 0. The van der Waals surface area contributed by atoms with Crippen LogP contribution in [0, 0.1) is 5.41 Å². The lowest BCUT2D eigenvalue weighted by atomic mass is 9.87. The highest BCUT2D eigenvalue weighted by atomic mass is 19.4. The molecule has 0 amide bonds. The van der Waals surface area contributed by atoms with Crippen LogP contribution in [0.2, 0.25) is 0 Å². The number of carbonyl (C=O) groups is 3. The van der Waals surface area contributed by atoms with Crippen LogP contribution < -0.4 is 4.90 Å². The number of carboxylic acid groups (broad SMARTS) is 3. The molecule has 3 N–H and O–H groups in total. The fourth-order valence-corrected chi connectivity index (χ4v) is 3.77. The topological polar surface area (TPSA) is 166 Å². The van der Waals surface area contributed by atoms with Crippen LogP contribution in [-0.2, 0) is 25.7 Å². The molecular weight excluding hydrogens is 641 g/mol. The molecule has 2 aromatic heterocycles. The normalized spacial score (nSPS) is 18.6. The minimum Gasteiger partial charge on any atom is -0.475 e. The lowest BCUT2D eigenvalue weighted by molar-refractivity contribution is -0.193. The number of alkyl halides is 9. The van der Waals surface area contributed by atoms with Gasteiger partial charge in [-0.15, -0.1) is 0 Å². The summed E-state index contributed by atoms with van der Waals surface area (Å²) in [6.45, 7) is 6.52. The predicted molar refractivity (Wildman–Crippen MR) is 133 cm³/mol. The van der Waals surface area contributed by atoms with Crippen LogP contribution in [0.1, 0.15) is 12.0 Å². The van der Waals surface area contributed by atoms with Crippen molar-refractivity contribution in [1.29, 1.82) is 0 Å². The van der Waals surface area contributed by atoms with Gasteiger partial charge in [0, 0.05) is 62.9 Å². The van der Waals surface area contributed by atoms with Crippen LogP contribution in [0.4, 0.5) is 45.5 Å². The molecule has 2 fully saturated rings. The van der Waals surface area contributed by atoms with Crippen molar-refractivity contribution in [3.8, 4) is 0 Å². The summed E-state index contributed by atoms with van der Waals surface area (Å²) in [6, 6.07) is 6.01. The second kappa shape index (κ2) is 16.7. The Morgan fingerprint density at radius 2 is 1.31 bits per heavy atom. The molecule has 0 aliphatic carbocycles. The van der Waals surface area contributed by atoms with Gasteiger partial charge in [0.15, 0.2) is 0 Å². The fourth-order valence-electron chi connectivity index (χ4n) is 3.77. The number of ether oxygens (including phenoxy) is 1. The SMILES string of the molecule is O=C(O)C(F)(F)F.O=C(O)C(F)(F)F.O=C(O)C(F)(F)F.c1cnc(N2CCC3(COCCN(Cc4cccnc4)C3)C2)nc1. The number of nitrogens with zero attached hydrogens (tertiary/aromatic N) is 5. The van der Waals surface area contributed by atoms with E-state index in [1.54, 1.807) is 0 Å². The van der Waals surface area contributed by atoms with Gasteiger partial charge in [0.05, 0.1) is 13.2 Å². The summed E-state index contributed by atoms with van der Waals surface area (Å²) < 4.78 is 101. The Kier molecular flexibility index (Phi) is 14.4. The van der Waals surface area contributed by atoms with E-state index in [4.69, 9.17) is 34.4 Å². The van der Waals surface area contributed by atoms with Crippen LogP contribution in [-0.4, -0.2) is 111 Å². The molecule has 12 nitrogen and oxygen atoms in total. The molecule has 2 saturated heterocycles. The van der Waals surface area contributed by atoms with Crippen molar-refractivity contribution in [1.82, 2.24) is 19.9 Å². The molecule has 0 bridgehead atoms. The Balaban J connectivity index is 0.000000396. The van der Waals surface area contributed by atoms with E-state index in [9.17, 15) is 39.5 Å². The number of anilines is 1. The van der Waals surface area contributed by atoms with Crippen molar-refractivity contribution in [3.05, 3.63) is 48.5 Å². The Morgan fingerprint density at radius 3 is 1.76 bits per heavy atom. The summed E-state index contributed by atoms with van der Waals surface area (Å²) in [5.74, 6) is -7.44. The van der Waals surface area contributed by atoms with E-state index < -0.39 is 36.4 Å². The quantitative estimate of drug-likeness (QED) is 0.409. The van der Waals surface area contributed by atoms with Gasteiger partial charge in [-0.2, -0.15) is 39.5 Å². The van der Waals surface area contributed by atoms with Crippen molar-refractivity contribution in [2.45, 2.75) is 31.5 Å². The average molecular weight is 667 g/mol. The number of aliphatic carboxylic acids is 3. The number of halogens is 9. The van der Waals surface area contributed by atoms with Gasteiger partial charge in [0.25, 0.3) is 0 Å². The summed E-state index contributed by atoms with van der Waals surface area (Å²) in [6.07, 6.45) is -6.73. The van der Waals surface area contributed by atoms with E-state index >= 15 is 0 Å². The Hall–Kier alpha value is -4.27. The Morgan fingerprint density at radius 1 is 0.800 bits per heavy atom. The van der Waals surface area contributed by atoms with E-state index in [0.717, 1.165) is 58.3 Å². The van der Waals surface area contributed by atoms with E-state index in [0.29, 0.717) is 0 Å². The maximum Gasteiger partial charge on any atom is 0.490 e. The number of pyridine rings is 1. The maximum absolute atomic E-state index is 10.6. The molecule has 1 atom stereocenters. The van der Waals surface area contributed by atoms with Gasteiger partial charge in [-0.25, -0.2) is 24.4 Å². The first-order valence-electron chi connectivity index (χ1n) is 12.3. The van der Waals surface area contributed by atoms with E-state index in [2.05, 4.69) is 30.8 Å². The standard InChI is InChI=1S/C18H23N5O.3C2HF3O2/c1-3-16(11-19-5-1)12-22-9-10-24-15-18(13-22)4-8-23(14-18)17-20-6-2-7-21-17;3*3-2(4,5)1(6)7/h1-3,5-7,11H,4,8-10,12-15H2;3*(H,6,7). The molecule has 45 heavy (non-hydrogen) atoms. The molecule has 0 aromatic carbocycles. The molecular formula is C24H26F9N5O7. The van der Waals surface area contributed by atoms with Gasteiger partial charge in [-0.05, 0) is 24.1 Å². The Labute approximate surface area is 248 Å². The number of hydrogen-bond acceptors (Lipinski definition) is 9. The van der Waals surface area contributed by atoms with Gasteiger partial charge >= 0.3 is 36.4 Å². The zero-order chi connectivity index (χ0) is 34.5. The third kappa shape index (κ3) is 14.8. The highest BCUT2D eigenvalue weighted by molar-refractivity contribution is 5.73. The van der Waals surface area contributed by atoms with Gasteiger partial charge < -0.3 is 25.0 Å². The van der Waals surface area contributed by atoms with Crippen LogP contribution in [0.3, 0.4) is 0 Å². The van der Waals surface area contributed by atoms with Crippen molar-refractivity contribution < 1.29 is 74.0 Å². The number of aromatic nitrogens is 3. The van der Waals surface area contributed by atoms with E-state index in [1.807, 2.05) is 36.9 Å². The monoisotopic (exact) mass is 667 g/mol. The van der Waals surface area contributed by atoms with E-state index in [1.165, 1.54) is 5.56 Å². The predicted octanol–water partition coefficient (Wildman–Crippen LogP) is 3.50. The lowest BCUT2D eigenvalue weighted by Gasteiger charge is -2.31. The highest BCUT2D eigenvalue weighted by Gasteiger charge is 2.42. The van der Waals surface area contributed by atoms with Crippen molar-refractivity contribution >= 4 is 23.9 Å². The molecule has 0 radical (unpaired) electrons. The van der Waals surface area contributed by atoms with Gasteiger partial charge in [-0.1, -0.05) is 6.07 Å². The summed E-state index contributed by atoms with van der Waals surface area (Å²) >= 11 is 0. The van der Waals surface area contributed by atoms with Crippen molar-refractivity contribution in [3.63, 3.8) is 0 Å². The molecule has 21 heteroatoms. The second-order valence-corrected chi connectivity index (χ2v) is 9.25. The van der Waals surface area contributed by atoms with Crippen LogP contribution in [0.15, 0.2) is 43.0 Å². The van der Waals surface area contributed by atoms with Crippen LogP contribution >= 0.6 is 0 Å². The Bertz CT molecular complexity index is 1160. The van der Waals surface area contributed by atoms with Gasteiger partial charge in [0.2, 0.25) is 5.95 Å². The lowest BCUT2D eigenvalue weighted by Crippen LogP contribution is -2.40. The third-order valence-electron chi connectivity index (χ3n) is 5.65. The third-order valence-corrected chi connectivity index (χ3v) is 5.65. The second-order valence-electron chi connectivity index (χ2n) is 9.25. The smallest absolute Gasteiger partial charge is 0.475 e. The zero-order valence-corrected chi connectivity index (χ0v) is 22.8. The molecule has 4 rings (SSSR count). The van der Waals surface area contributed by atoms with E-state index in [-0.39, 0.29) is 5.41 Å². The zero-order valence-electron chi connectivity index (χ0n) is 22.8. The number of rotatable bonds is 3. The average Bonchev–Trinajstić information content (AvgIpc) is 3.25. The van der Waals surface area contributed by atoms with Crippen LogP contribution in [0.5, 0.6) is 0 Å². The van der Waals surface area contributed by atoms with Gasteiger partial charge in [-0.3, -0.25) is 9.88 Å². The molecule has 1 unspecified atom stereocenters. The fraction of sp³-hybridized carbons (Fsp3) is 0.500. The summed E-state index contributed by atoms with van der Waals surface area (Å²) in [5, 5.41) is 21.4. The largest absolute Gasteiger partial charge is 0.490 e. The summed E-state index contributed by atoms with van der Waals surface area (Å²) in [5.41, 5.74) is 1.42. The first-order valence-corrected chi connectivity index (χ1v) is 12.3. The minimum absolute atomic E-state index is 0.165. The van der Waals surface area contributed by atoms with Crippen LogP contribution in [0.25, 0.3) is 0 Å². The first kappa shape index (κ1) is 38.8. The maximum atomic E-state index is 10.6. The molecule has 2 aromatic rings. The van der Waals surface area contributed by atoms with Gasteiger partial charge in [0.1, 0.15) is 0 Å². The molecule has 4 heterocycles. The number of carboxylic acids is 3. The number of hydrogen-bond donors (Lipinski definition) is 3. The summed E-state index contributed by atoms with van der Waals surface area (Å²) in [4.78, 5) is 44.5. The molecule has 2 aliphatic heterocycles. The molecule has 1 spiro atoms. The molecule has 0 saturated carbocycles. The van der Waals surface area contributed by atoms with Crippen molar-refractivity contribution in [2.75, 3.05) is 44.3 Å². The first-order chi connectivity index (χ1) is 20.7.